The number of benzene rings is 2. The van der Waals surface area contributed by atoms with Crippen LogP contribution in [0, 0.1) is 11.3 Å². The Kier molecular flexibility index (Phi) is 7.60. The number of hydrogen-bond donors (Lipinski definition) is 1. The van der Waals surface area contributed by atoms with Crippen molar-refractivity contribution in [2.24, 2.45) is 0 Å². The van der Waals surface area contributed by atoms with Crippen LogP contribution in [0.25, 0.3) is 0 Å². The van der Waals surface area contributed by atoms with E-state index >= 15 is 0 Å². The fourth-order valence-corrected chi connectivity index (χ4v) is 4.13. The zero-order chi connectivity index (χ0) is 21.3. The summed E-state index contributed by atoms with van der Waals surface area (Å²) in [5, 5.41) is 14.6. The van der Waals surface area contributed by atoms with E-state index in [0.717, 1.165) is 17.1 Å². The second-order valence-corrected chi connectivity index (χ2v) is 8.15. The Hall–Kier alpha value is -3.15. The minimum Gasteiger partial charge on any atom is -0.456 e. The van der Waals surface area contributed by atoms with Crippen molar-refractivity contribution in [2.75, 3.05) is 11.1 Å². The molecule has 0 aliphatic carbocycles. The molecule has 6 nitrogen and oxygen atoms in total. The zero-order valence-corrected chi connectivity index (χ0v) is 17.9. The molecule has 0 unspecified atom stereocenters. The highest BCUT2D eigenvalue weighted by molar-refractivity contribution is 8.00. The Morgan fingerprint density at radius 1 is 1.23 bits per heavy atom. The summed E-state index contributed by atoms with van der Waals surface area (Å²) in [7, 11) is 0. The van der Waals surface area contributed by atoms with Gasteiger partial charge in [-0.15, -0.1) is 23.1 Å². The maximum atomic E-state index is 12.5. The lowest BCUT2D eigenvalue weighted by Crippen LogP contribution is -2.14. The summed E-state index contributed by atoms with van der Waals surface area (Å²) >= 11 is 2.80. The molecule has 0 aliphatic rings. The number of aryl methyl sites for hydroxylation is 1. The van der Waals surface area contributed by atoms with Gasteiger partial charge in [-0.25, -0.2) is 9.78 Å². The molecule has 2 aromatic carbocycles. The molecule has 0 fully saturated rings. The van der Waals surface area contributed by atoms with E-state index in [9.17, 15) is 9.59 Å². The van der Waals surface area contributed by atoms with Crippen molar-refractivity contribution in [2.45, 2.75) is 24.8 Å². The third-order valence-electron chi connectivity index (χ3n) is 3.99. The van der Waals surface area contributed by atoms with Crippen molar-refractivity contribution in [1.82, 2.24) is 4.98 Å². The fraction of sp³-hybridized carbons (Fsp3) is 0.182. The standard InChI is InChI=1S/C22H19N3O3S2/c1-2-21-25-17(13-30-21)12-28-22(27)18-8-3-4-9-19(18)29-14-20(26)24-16-7-5-6-15(10-16)11-23/h3-10,13H,2,12,14H2,1H3,(H,24,26). The number of nitriles is 1. The zero-order valence-electron chi connectivity index (χ0n) is 16.3. The van der Waals surface area contributed by atoms with Crippen LogP contribution in [0.5, 0.6) is 0 Å². The number of nitrogens with zero attached hydrogens (tertiary/aromatic N) is 2. The lowest BCUT2D eigenvalue weighted by atomic mass is 10.2. The number of rotatable bonds is 8. The SMILES string of the molecule is CCc1nc(COC(=O)c2ccccc2SCC(=O)Nc2cccc(C#N)c2)cs1. The first kappa shape index (κ1) is 21.6. The third kappa shape index (κ3) is 5.92. The number of anilines is 1. The van der Waals surface area contributed by atoms with E-state index < -0.39 is 5.97 Å². The molecule has 152 valence electrons. The van der Waals surface area contributed by atoms with Gasteiger partial charge in [-0.05, 0) is 36.8 Å². The molecule has 0 saturated heterocycles. The summed E-state index contributed by atoms with van der Waals surface area (Å²) in [6.45, 7) is 2.14. The van der Waals surface area contributed by atoms with Crippen LogP contribution in [-0.4, -0.2) is 22.6 Å². The molecule has 1 aromatic heterocycles. The molecule has 1 amide bonds. The molecule has 0 aliphatic heterocycles. The molecular formula is C22H19N3O3S2. The monoisotopic (exact) mass is 437 g/mol. The topological polar surface area (TPSA) is 92.1 Å². The normalized spacial score (nSPS) is 10.3. The van der Waals surface area contributed by atoms with Crippen molar-refractivity contribution in [1.29, 1.82) is 5.26 Å². The van der Waals surface area contributed by atoms with Crippen LogP contribution in [0.3, 0.4) is 0 Å². The van der Waals surface area contributed by atoms with E-state index in [1.165, 1.54) is 11.8 Å². The van der Waals surface area contributed by atoms with Gasteiger partial charge in [0.25, 0.3) is 0 Å². The van der Waals surface area contributed by atoms with E-state index in [0.29, 0.717) is 21.7 Å². The maximum Gasteiger partial charge on any atom is 0.339 e. The lowest BCUT2D eigenvalue weighted by Gasteiger charge is -2.09. The predicted molar refractivity (Wildman–Crippen MR) is 118 cm³/mol. The van der Waals surface area contributed by atoms with Gasteiger partial charge in [0.15, 0.2) is 0 Å². The number of amides is 1. The number of aromatic nitrogens is 1. The minimum absolute atomic E-state index is 0.115. The van der Waals surface area contributed by atoms with Crippen LogP contribution < -0.4 is 5.32 Å². The highest BCUT2D eigenvalue weighted by Crippen LogP contribution is 2.24. The van der Waals surface area contributed by atoms with Crippen molar-refractivity contribution >= 4 is 40.7 Å². The van der Waals surface area contributed by atoms with Crippen molar-refractivity contribution < 1.29 is 14.3 Å². The van der Waals surface area contributed by atoms with Gasteiger partial charge < -0.3 is 10.1 Å². The molecule has 0 spiro atoms. The Morgan fingerprint density at radius 2 is 2.07 bits per heavy atom. The second-order valence-electron chi connectivity index (χ2n) is 6.19. The highest BCUT2D eigenvalue weighted by Gasteiger charge is 2.15. The molecular weight excluding hydrogens is 418 g/mol. The van der Waals surface area contributed by atoms with Gasteiger partial charge in [0.1, 0.15) is 6.61 Å². The molecule has 30 heavy (non-hydrogen) atoms. The Labute approximate surface area is 182 Å². The smallest absolute Gasteiger partial charge is 0.339 e. The first-order valence-corrected chi connectivity index (χ1v) is 11.1. The Bertz CT molecular complexity index is 1090. The fourth-order valence-electron chi connectivity index (χ4n) is 2.56. The van der Waals surface area contributed by atoms with E-state index in [1.54, 1.807) is 59.9 Å². The van der Waals surface area contributed by atoms with E-state index in [1.807, 2.05) is 18.4 Å². The molecule has 3 rings (SSSR count). The van der Waals surface area contributed by atoms with Gasteiger partial charge in [-0.3, -0.25) is 4.79 Å². The molecule has 1 N–H and O–H groups in total. The molecule has 8 heteroatoms. The average molecular weight is 438 g/mol. The number of hydrogen-bond acceptors (Lipinski definition) is 7. The minimum atomic E-state index is -0.453. The van der Waals surface area contributed by atoms with Crippen LogP contribution in [0.2, 0.25) is 0 Å². The third-order valence-corrected chi connectivity index (χ3v) is 6.11. The number of ether oxygens (including phenoxy) is 1. The van der Waals surface area contributed by atoms with Crippen LogP contribution in [-0.2, 0) is 22.6 Å². The van der Waals surface area contributed by atoms with Gasteiger partial charge in [-0.2, -0.15) is 5.26 Å². The summed E-state index contributed by atoms with van der Waals surface area (Å²) in [4.78, 5) is 29.9. The van der Waals surface area contributed by atoms with Gasteiger partial charge in [0, 0.05) is 16.0 Å². The van der Waals surface area contributed by atoms with Gasteiger partial charge in [0.05, 0.1) is 33.7 Å². The number of esters is 1. The molecule has 1 heterocycles. The van der Waals surface area contributed by atoms with Crippen LogP contribution in [0.4, 0.5) is 5.69 Å². The van der Waals surface area contributed by atoms with Crippen molar-refractivity contribution in [3.63, 3.8) is 0 Å². The lowest BCUT2D eigenvalue weighted by molar-refractivity contribution is -0.113. The Morgan fingerprint density at radius 3 is 2.83 bits per heavy atom. The average Bonchev–Trinajstić information content (AvgIpc) is 3.24. The van der Waals surface area contributed by atoms with Gasteiger partial charge in [-0.1, -0.05) is 25.1 Å². The first-order valence-electron chi connectivity index (χ1n) is 9.21. The highest BCUT2D eigenvalue weighted by atomic mass is 32.2. The van der Waals surface area contributed by atoms with Crippen molar-refractivity contribution in [3.8, 4) is 6.07 Å². The Balaban J connectivity index is 1.58. The van der Waals surface area contributed by atoms with E-state index in [4.69, 9.17) is 10.00 Å². The largest absolute Gasteiger partial charge is 0.456 e. The summed E-state index contributed by atoms with van der Waals surface area (Å²) < 4.78 is 5.40. The summed E-state index contributed by atoms with van der Waals surface area (Å²) in [5.41, 5.74) is 2.17. The molecule has 0 saturated carbocycles. The number of thioether (sulfide) groups is 1. The number of carbonyl (C=O) groups excluding carboxylic acids is 2. The summed E-state index contributed by atoms with van der Waals surface area (Å²) in [5.74, 6) is -0.563. The van der Waals surface area contributed by atoms with Gasteiger partial charge >= 0.3 is 5.97 Å². The van der Waals surface area contributed by atoms with Crippen molar-refractivity contribution in [3.05, 3.63) is 75.7 Å². The predicted octanol–water partition coefficient (Wildman–Crippen LogP) is 4.66. The number of thiazole rings is 1. The van der Waals surface area contributed by atoms with Crippen LogP contribution >= 0.6 is 23.1 Å². The number of nitrogens with one attached hydrogen (secondary N) is 1. The molecule has 0 bridgehead atoms. The summed E-state index contributed by atoms with van der Waals surface area (Å²) in [6, 6.07) is 15.8. The molecule has 3 aromatic rings. The van der Waals surface area contributed by atoms with E-state index in [-0.39, 0.29) is 18.3 Å². The molecule has 0 radical (unpaired) electrons. The molecule has 0 atom stereocenters. The number of carbonyl (C=O) groups is 2. The van der Waals surface area contributed by atoms with Crippen LogP contribution in [0.1, 0.15) is 33.5 Å². The quantitative estimate of drug-likeness (QED) is 0.407. The second kappa shape index (κ2) is 10.6. The maximum absolute atomic E-state index is 12.5. The van der Waals surface area contributed by atoms with E-state index in [2.05, 4.69) is 10.3 Å². The van der Waals surface area contributed by atoms with Crippen LogP contribution in [0.15, 0.2) is 58.8 Å². The summed E-state index contributed by atoms with van der Waals surface area (Å²) in [6.07, 6.45) is 0.848. The van der Waals surface area contributed by atoms with Gasteiger partial charge in [0.2, 0.25) is 5.91 Å². The first-order chi connectivity index (χ1) is 14.6.